The van der Waals surface area contributed by atoms with Gasteiger partial charge in [0, 0.05) is 28.4 Å². The largest absolute Gasteiger partial charge is 0.341 e. The lowest BCUT2D eigenvalue weighted by molar-refractivity contribution is 0.461. The Bertz CT molecular complexity index is 1240. The van der Waals surface area contributed by atoms with Gasteiger partial charge >= 0.3 is 0 Å². The molecule has 1 heterocycles. The van der Waals surface area contributed by atoms with Crippen LogP contribution >= 0.6 is 0 Å². The molecule has 1 heteroatoms. The zero-order valence-electron chi connectivity index (χ0n) is 19.2. The molecule has 0 aliphatic heterocycles. The number of hydrogen-bond acceptors (Lipinski definition) is 0. The average molecular weight is 408 g/mol. The van der Waals surface area contributed by atoms with Gasteiger partial charge in [-0.2, -0.15) is 0 Å². The zero-order valence-corrected chi connectivity index (χ0v) is 19.2. The van der Waals surface area contributed by atoms with Gasteiger partial charge < -0.3 is 4.57 Å². The summed E-state index contributed by atoms with van der Waals surface area (Å²) in [5.41, 5.74) is 6.72. The van der Waals surface area contributed by atoms with E-state index in [-0.39, 0.29) is 5.41 Å². The highest BCUT2D eigenvalue weighted by Gasteiger charge is 2.22. The van der Waals surface area contributed by atoms with Crippen LogP contribution in [0.25, 0.3) is 34.0 Å². The second-order valence-electron chi connectivity index (χ2n) is 8.68. The summed E-state index contributed by atoms with van der Waals surface area (Å²) in [5.74, 6) is 0. The topological polar surface area (TPSA) is 4.93 Å². The summed E-state index contributed by atoms with van der Waals surface area (Å²) < 4.78 is 2.40. The molecule has 0 fully saturated rings. The van der Waals surface area contributed by atoms with Gasteiger partial charge in [-0.15, -0.1) is 0 Å². The van der Waals surface area contributed by atoms with Gasteiger partial charge in [0.05, 0.1) is 0 Å². The van der Waals surface area contributed by atoms with E-state index in [2.05, 4.69) is 123 Å². The number of para-hydroxylation sites is 1. The van der Waals surface area contributed by atoms with Crippen molar-refractivity contribution in [2.45, 2.75) is 52.5 Å². The zero-order chi connectivity index (χ0) is 21.8. The Morgan fingerprint density at radius 1 is 0.806 bits per heavy atom. The SMILES string of the molecule is CC=CCC(C)(CC)c1ccc(/C=C/c2ccc3c(c2)c2ccccc2n3CC)cc1. The molecule has 0 spiro atoms. The van der Waals surface area contributed by atoms with Crippen molar-refractivity contribution in [2.75, 3.05) is 0 Å². The highest BCUT2D eigenvalue weighted by Crippen LogP contribution is 2.32. The summed E-state index contributed by atoms with van der Waals surface area (Å²) >= 11 is 0. The van der Waals surface area contributed by atoms with Crippen molar-refractivity contribution in [2.24, 2.45) is 0 Å². The second-order valence-corrected chi connectivity index (χ2v) is 8.68. The molecule has 4 aromatic rings. The third-order valence-corrected chi connectivity index (χ3v) is 6.77. The maximum Gasteiger partial charge on any atom is 0.0491 e. The van der Waals surface area contributed by atoms with E-state index in [1.807, 2.05) is 0 Å². The lowest BCUT2D eigenvalue weighted by Crippen LogP contribution is -2.19. The van der Waals surface area contributed by atoms with Gasteiger partial charge in [0.2, 0.25) is 0 Å². The first-order valence-electron chi connectivity index (χ1n) is 11.5. The molecule has 1 nitrogen and oxygen atoms in total. The highest BCUT2D eigenvalue weighted by molar-refractivity contribution is 6.08. The van der Waals surface area contributed by atoms with Crippen molar-refractivity contribution >= 4 is 34.0 Å². The number of fused-ring (bicyclic) bond motifs is 3. The van der Waals surface area contributed by atoms with Crippen LogP contribution in [0.15, 0.2) is 78.9 Å². The molecular formula is C30H33N. The minimum Gasteiger partial charge on any atom is -0.341 e. The Morgan fingerprint density at radius 2 is 1.48 bits per heavy atom. The fourth-order valence-corrected chi connectivity index (χ4v) is 4.55. The monoisotopic (exact) mass is 407 g/mol. The Balaban J connectivity index is 1.62. The Kier molecular flexibility index (Phi) is 6.13. The predicted octanol–water partition coefficient (Wildman–Crippen LogP) is 8.62. The quantitative estimate of drug-likeness (QED) is 0.213. The number of aromatic nitrogens is 1. The van der Waals surface area contributed by atoms with Crippen LogP contribution in [0.2, 0.25) is 0 Å². The van der Waals surface area contributed by atoms with E-state index in [4.69, 9.17) is 0 Å². The van der Waals surface area contributed by atoms with Crippen molar-refractivity contribution in [3.05, 3.63) is 95.6 Å². The minimum absolute atomic E-state index is 0.202. The molecule has 4 rings (SSSR count). The Morgan fingerprint density at radius 3 is 2.19 bits per heavy atom. The van der Waals surface area contributed by atoms with Crippen molar-refractivity contribution in [3.63, 3.8) is 0 Å². The third kappa shape index (κ3) is 4.10. The summed E-state index contributed by atoms with van der Waals surface area (Å²) in [6.45, 7) is 9.94. The van der Waals surface area contributed by atoms with Gasteiger partial charge in [-0.05, 0) is 67.0 Å². The molecular weight excluding hydrogens is 374 g/mol. The van der Waals surface area contributed by atoms with Crippen LogP contribution in [0.5, 0.6) is 0 Å². The molecule has 1 atom stereocenters. The summed E-state index contributed by atoms with van der Waals surface area (Å²) in [6, 6.07) is 24.6. The lowest BCUT2D eigenvalue weighted by Gasteiger charge is -2.27. The fraction of sp³-hybridized carbons (Fsp3) is 0.267. The third-order valence-electron chi connectivity index (χ3n) is 6.77. The van der Waals surface area contributed by atoms with Crippen LogP contribution in [0.1, 0.15) is 57.2 Å². The number of benzene rings is 3. The number of hydrogen-bond donors (Lipinski definition) is 0. The van der Waals surface area contributed by atoms with E-state index in [0.717, 1.165) is 19.4 Å². The maximum atomic E-state index is 2.40. The average Bonchev–Trinajstić information content (AvgIpc) is 3.14. The molecule has 158 valence electrons. The van der Waals surface area contributed by atoms with Gasteiger partial charge in [0.1, 0.15) is 0 Å². The molecule has 0 aliphatic carbocycles. The van der Waals surface area contributed by atoms with Crippen molar-refractivity contribution in [1.82, 2.24) is 4.57 Å². The molecule has 0 saturated heterocycles. The van der Waals surface area contributed by atoms with Gasteiger partial charge in [0.25, 0.3) is 0 Å². The van der Waals surface area contributed by atoms with Crippen molar-refractivity contribution in [1.29, 1.82) is 0 Å². The van der Waals surface area contributed by atoms with Gasteiger partial charge in [-0.25, -0.2) is 0 Å². The van der Waals surface area contributed by atoms with Crippen LogP contribution in [-0.4, -0.2) is 4.57 Å². The molecule has 31 heavy (non-hydrogen) atoms. The number of nitrogens with zero attached hydrogens (tertiary/aromatic N) is 1. The number of aryl methyl sites for hydroxylation is 1. The normalized spacial score (nSPS) is 14.2. The first kappa shape index (κ1) is 21.2. The molecule has 0 radical (unpaired) electrons. The van der Waals surface area contributed by atoms with Crippen molar-refractivity contribution in [3.8, 4) is 0 Å². The van der Waals surface area contributed by atoms with Crippen LogP contribution in [0.4, 0.5) is 0 Å². The van der Waals surface area contributed by atoms with Crippen LogP contribution in [0.3, 0.4) is 0 Å². The highest BCUT2D eigenvalue weighted by atomic mass is 15.0. The van der Waals surface area contributed by atoms with Crippen LogP contribution < -0.4 is 0 Å². The molecule has 0 N–H and O–H groups in total. The maximum absolute atomic E-state index is 2.40. The molecule has 0 bridgehead atoms. The molecule has 0 aliphatic rings. The van der Waals surface area contributed by atoms with E-state index in [1.54, 1.807) is 0 Å². The Hall–Kier alpha value is -3.06. The summed E-state index contributed by atoms with van der Waals surface area (Å²) in [7, 11) is 0. The second kappa shape index (κ2) is 8.98. The van der Waals surface area contributed by atoms with Crippen molar-refractivity contribution < 1.29 is 0 Å². The smallest absolute Gasteiger partial charge is 0.0491 e. The van der Waals surface area contributed by atoms with Crippen LogP contribution in [0, 0.1) is 0 Å². The van der Waals surface area contributed by atoms with Gasteiger partial charge in [0.15, 0.2) is 0 Å². The Labute approximate surface area is 186 Å². The molecule has 1 aromatic heterocycles. The van der Waals surface area contributed by atoms with Crippen LogP contribution in [-0.2, 0) is 12.0 Å². The van der Waals surface area contributed by atoms with Gasteiger partial charge in [-0.3, -0.25) is 0 Å². The van der Waals surface area contributed by atoms with E-state index >= 15 is 0 Å². The minimum atomic E-state index is 0.202. The summed E-state index contributed by atoms with van der Waals surface area (Å²) in [6.07, 6.45) is 11.1. The molecule has 0 saturated carbocycles. The summed E-state index contributed by atoms with van der Waals surface area (Å²) in [4.78, 5) is 0. The molecule has 1 unspecified atom stereocenters. The number of allylic oxidation sites excluding steroid dienone is 2. The molecule has 3 aromatic carbocycles. The number of rotatable bonds is 7. The summed E-state index contributed by atoms with van der Waals surface area (Å²) in [5, 5.41) is 2.66. The fourth-order valence-electron chi connectivity index (χ4n) is 4.55. The first-order valence-corrected chi connectivity index (χ1v) is 11.5. The van der Waals surface area contributed by atoms with E-state index in [1.165, 1.54) is 38.5 Å². The molecule has 0 amide bonds. The predicted molar refractivity (Wildman–Crippen MR) is 138 cm³/mol. The van der Waals surface area contributed by atoms with E-state index in [0.29, 0.717) is 0 Å². The van der Waals surface area contributed by atoms with E-state index in [9.17, 15) is 0 Å². The lowest BCUT2D eigenvalue weighted by atomic mass is 9.77. The standard InChI is InChI=1S/C30H33N/c1-5-8-21-30(4,6-2)25-18-15-23(16-19-25)13-14-24-17-20-29-27(22-24)26-11-9-10-12-28(26)31(29)7-3/h5,8-20,22H,6-7,21H2,1-4H3/b8-5?,14-13+. The first-order chi connectivity index (χ1) is 15.1. The van der Waals surface area contributed by atoms with E-state index < -0.39 is 0 Å². The van der Waals surface area contributed by atoms with Gasteiger partial charge in [-0.1, -0.05) is 86.7 Å².